The van der Waals surface area contributed by atoms with E-state index in [1.165, 1.54) is 0 Å². The standard InChI is InChI=1S/C30H24N6O4/c1-17-24-25(18-13-14-22(38-2)23(15-18)39-3)26-28-32-27(20-11-7-8-12-21(20)37)34-35(28)16-31-29(26)40-30(24)36(33-17)19-9-5-4-6-10-19/h4-16,25,37H,1-3H3/t25-/m0/s1. The Morgan fingerprint density at radius 3 is 2.42 bits per heavy atom. The third kappa shape index (κ3) is 3.57. The average Bonchev–Trinajstić information content (AvgIpc) is 3.57. The van der Waals surface area contributed by atoms with E-state index in [4.69, 9.17) is 24.3 Å². The zero-order valence-corrected chi connectivity index (χ0v) is 21.9. The monoisotopic (exact) mass is 532 g/mol. The number of phenolic OH excluding ortho intramolecular Hbond substituents is 1. The first-order valence-corrected chi connectivity index (χ1v) is 12.7. The lowest BCUT2D eigenvalue weighted by molar-refractivity contribution is 0.354. The van der Waals surface area contributed by atoms with Crippen LogP contribution in [0.15, 0.2) is 79.1 Å². The molecule has 0 unspecified atom stereocenters. The summed E-state index contributed by atoms with van der Waals surface area (Å²) in [5.74, 6) is 2.29. The molecule has 3 aromatic heterocycles. The Morgan fingerprint density at radius 1 is 0.875 bits per heavy atom. The molecule has 1 aliphatic heterocycles. The minimum absolute atomic E-state index is 0.0928. The summed E-state index contributed by atoms with van der Waals surface area (Å²) in [6.45, 7) is 1.96. The Hall–Kier alpha value is -5.38. The molecular formula is C30H24N6O4. The molecule has 7 rings (SSSR count). The first kappa shape index (κ1) is 23.7. The first-order valence-electron chi connectivity index (χ1n) is 12.7. The summed E-state index contributed by atoms with van der Waals surface area (Å²) in [4.78, 5) is 9.52. The second kappa shape index (κ2) is 9.12. The van der Waals surface area contributed by atoms with Crippen LogP contribution in [0.2, 0.25) is 0 Å². The number of benzene rings is 3. The van der Waals surface area contributed by atoms with Crippen LogP contribution in [0, 0.1) is 6.92 Å². The predicted molar refractivity (Wildman–Crippen MR) is 147 cm³/mol. The van der Waals surface area contributed by atoms with E-state index in [1.807, 2.05) is 61.5 Å². The lowest BCUT2D eigenvalue weighted by Crippen LogP contribution is -2.16. The quantitative estimate of drug-likeness (QED) is 0.318. The number of rotatable bonds is 5. The molecular weight excluding hydrogens is 508 g/mol. The van der Waals surface area contributed by atoms with Gasteiger partial charge in [-0.3, -0.25) is 0 Å². The van der Waals surface area contributed by atoms with Crippen molar-refractivity contribution in [3.8, 4) is 46.1 Å². The Labute approximate surface area is 229 Å². The van der Waals surface area contributed by atoms with Gasteiger partial charge in [-0.2, -0.15) is 5.10 Å². The lowest BCUT2D eigenvalue weighted by Gasteiger charge is -2.26. The number of hydrogen-bond donors (Lipinski definition) is 1. The van der Waals surface area contributed by atoms with Gasteiger partial charge in [0.2, 0.25) is 11.8 Å². The molecule has 1 atom stereocenters. The number of fused-ring (bicyclic) bond motifs is 4. The summed E-state index contributed by atoms with van der Waals surface area (Å²) in [7, 11) is 3.22. The molecule has 40 heavy (non-hydrogen) atoms. The van der Waals surface area contributed by atoms with E-state index in [0.29, 0.717) is 40.3 Å². The number of aromatic nitrogens is 6. The minimum Gasteiger partial charge on any atom is -0.507 e. The van der Waals surface area contributed by atoms with Crippen LogP contribution in [-0.4, -0.2) is 48.7 Å². The number of aromatic hydroxyl groups is 1. The fourth-order valence-electron chi connectivity index (χ4n) is 5.26. The maximum Gasteiger partial charge on any atom is 0.230 e. The van der Waals surface area contributed by atoms with Crippen LogP contribution in [0.4, 0.5) is 0 Å². The zero-order valence-electron chi connectivity index (χ0n) is 21.9. The van der Waals surface area contributed by atoms with Gasteiger partial charge >= 0.3 is 0 Å². The highest BCUT2D eigenvalue weighted by Crippen LogP contribution is 2.50. The van der Waals surface area contributed by atoms with Crippen molar-refractivity contribution in [2.75, 3.05) is 14.2 Å². The molecule has 4 heterocycles. The molecule has 0 saturated carbocycles. The van der Waals surface area contributed by atoms with Crippen LogP contribution >= 0.6 is 0 Å². The van der Waals surface area contributed by atoms with Gasteiger partial charge in [0.1, 0.15) is 12.1 Å². The van der Waals surface area contributed by atoms with E-state index < -0.39 is 0 Å². The molecule has 0 saturated heterocycles. The topological polar surface area (TPSA) is 109 Å². The van der Waals surface area contributed by atoms with Gasteiger partial charge in [0, 0.05) is 0 Å². The van der Waals surface area contributed by atoms with Crippen molar-refractivity contribution in [2.24, 2.45) is 0 Å². The van der Waals surface area contributed by atoms with Crippen LogP contribution in [0.5, 0.6) is 29.0 Å². The predicted octanol–water partition coefficient (Wildman–Crippen LogP) is 5.29. The fourth-order valence-corrected chi connectivity index (χ4v) is 5.26. The molecule has 1 N–H and O–H groups in total. The van der Waals surface area contributed by atoms with Gasteiger partial charge in [0.05, 0.1) is 48.2 Å². The van der Waals surface area contributed by atoms with E-state index in [1.54, 1.807) is 47.9 Å². The molecule has 0 fully saturated rings. The normalized spacial score (nSPS) is 13.9. The molecule has 10 heteroatoms. The third-order valence-electron chi connectivity index (χ3n) is 7.11. The van der Waals surface area contributed by atoms with Crippen LogP contribution in [0.25, 0.3) is 22.7 Å². The van der Waals surface area contributed by atoms with Crippen molar-refractivity contribution in [2.45, 2.75) is 12.8 Å². The number of aryl methyl sites for hydroxylation is 1. The first-order chi connectivity index (χ1) is 19.6. The summed E-state index contributed by atoms with van der Waals surface area (Å²) < 4.78 is 21.1. The number of methoxy groups -OCH3 is 2. The minimum atomic E-state index is -0.367. The van der Waals surface area contributed by atoms with Gasteiger partial charge < -0.3 is 19.3 Å². The second-order valence-corrected chi connectivity index (χ2v) is 9.39. The molecule has 0 spiro atoms. The molecule has 0 radical (unpaired) electrons. The van der Waals surface area contributed by atoms with Crippen molar-refractivity contribution in [3.63, 3.8) is 0 Å². The number of nitrogens with zero attached hydrogens (tertiary/aromatic N) is 6. The van der Waals surface area contributed by atoms with Crippen LogP contribution in [0.3, 0.4) is 0 Å². The Morgan fingerprint density at radius 2 is 1.65 bits per heavy atom. The van der Waals surface area contributed by atoms with Gasteiger partial charge in [0.25, 0.3) is 0 Å². The molecule has 3 aromatic carbocycles. The molecule has 0 amide bonds. The summed E-state index contributed by atoms with van der Waals surface area (Å²) in [5.41, 5.74) is 5.27. The average molecular weight is 533 g/mol. The Bertz CT molecular complexity index is 1900. The smallest absolute Gasteiger partial charge is 0.230 e. The number of phenols is 1. The summed E-state index contributed by atoms with van der Waals surface area (Å²) >= 11 is 0. The van der Waals surface area contributed by atoms with E-state index in [2.05, 4.69) is 10.1 Å². The molecule has 1 aliphatic rings. The zero-order chi connectivity index (χ0) is 27.4. The van der Waals surface area contributed by atoms with Gasteiger partial charge in [-0.05, 0) is 48.9 Å². The Kier molecular flexibility index (Phi) is 5.41. The Balaban J connectivity index is 1.51. The van der Waals surface area contributed by atoms with Crippen molar-refractivity contribution in [1.29, 1.82) is 0 Å². The van der Waals surface area contributed by atoms with Crippen molar-refractivity contribution in [1.82, 2.24) is 29.4 Å². The van der Waals surface area contributed by atoms with Crippen LogP contribution in [-0.2, 0) is 0 Å². The SMILES string of the molecule is COc1ccc([C@H]2c3c(C)nn(-c4ccccc4)c3Oc3ncn4nc(-c5ccccc5O)nc4c32)cc1OC. The summed E-state index contributed by atoms with van der Waals surface area (Å²) in [5, 5.41) is 20.0. The highest BCUT2D eigenvalue weighted by Gasteiger charge is 2.38. The van der Waals surface area contributed by atoms with Crippen molar-refractivity contribution >= 4 is 5.65 Å². The van der Waals surface area contributed by atoms with E-state index in [-0.39, 0.29) is 11.7 Å². The number of para-hydroxylation sites is 2. The third-order valence-corrected chi connectivity index (χ3v) is 7.11. The summed E-state index contributed by atoms with van der Waals surface area (Å²) in [6, 6.07) is 22.6. The second-order valence-electron chi connectivity index (χ2n) is 9.39. The highest BCUT2D eigenvalue weighted by molar-refractivity contribution is 5.71. The number of hydrogen-bond acceptors (Lipinski definition) is 8. The van der Waals surface area contributed by atoms with Gasteiger partial charge in [-0.15, -0.1) is 5.10 Å². The maximum atomic E-state index is 10.5. The maximum absolute atomic E-state index is 10.5. The molecule has 0 bridgehead atoms. The largest absolute Gasteiger partial charge is 0.507 e. The van der Waals surface area contributed by atoms with Crippen LogP contribution < -0.4 is 14.2 Å². The molecule has 6 aromatic rings. The van der Waals surface area contributed by atoms with E-state index in [9.17, 15) is 5.11 Å². The molecule has 10 nitrogen and oxygen atoms in total. The molecule has 198 valence electrons. The van der Waals surface area contributed by atoms with Gasteiger partial charge in [-0.1, -0.05) is 36.4 Å². The van der Waals surface area contributed by atoms with E-state index >= 15 is 0 Å². The summed E-state index contributed by atoms with van der Waals surface area (Å²) in [6.07, 6.45) is 1.57. The van der Waals surface area contributed by atoms with E-state index in [0.717, 1.165) is 28.1 Å². The fraction of sp³-hybridized carbons (Fsp3) is 0.133. The molecule has 0 aliphatic carbocycles. The van der Waals surface area contributed by atoms with Crippen molar-refractivity contribution in [3.05, 3.63) is 102 Å². The number of ether oxygens (including phenoxy) is 3. The highest BCUT2D eigenvalue weighted by atomic mass is 16.5. The van der Waals surface area contributed by atoms with Crippen molar-refractivity contribution < 1.29 is 19.3 Å². The van der Waals surface area contributed by atoms with Gasteiger partial charge in [-0.25, -0.2) is 19.2 Å². The lowest BCUT2D eigenvalue weighted by atomic mass is 9.84. The van der Waals surface area contributed by atoms with Gasteiger partial charge in [0.15, 0.2) is 23.0 Å². The van der Waals surface area contributed by atoms with Crippen LogP contribution in [0.1, 0.15) is 28.3 Å².